The Morgan fingerprint density at radius 2 is 2.16 bits per heavy atom. The van der Waals surface area contributed by atoms with E-state index in [4.69, 9.17) is 24.2 Å². The van der Waals surface area contributed by atoms with Gasteiger partial charge in [-0.15, -0.1) is 0 Å². The van der Waals surface area contributed by atoms with Gasteiger partial charge in [0.15, 0.2) is 17.3 Å². The van der Waals surface area contributed by atoms with Crippen molar-refractivity contribution in [3.8, 4) is 17.6 Å². The molecule has 0 N–H and O–H groups in total. The summed E-state index contributed by atoms with van der Waals surface area (Å²) in [5.74, 6) is 1.84. The Labute approximate surface area is 110 Å². The molecule has 98 valence electrons. The molecule has 0 saturated carbocycles. The highest BCUT2D eigenvalue weighted by Crippen LogP contribution is 2.38. The van der Waals surface area contributed by atoms with Crippen molar-refractivity contribution >= 4 is 0 Å². The Balaban J connectivity index is 1.89. The predicted octanol–water partition coefficient (Wildman–Crippen LogP) is 2.30. The molecule has 0 spiro atoms. The number of hydrogen-bond donors (Lipinski definition) is 0. The summed E-state index contributed by atoms with van der Waals surface area (Å²) in [6.45, 7) is 0.256. The molecule has 1 aromatic rings. The van der Waals surface area contributed by atoms with Crippen molar-refractivity contribution in [1.82, 2.24) is 0 Å². The van der Waals surface area contributed by atoms with Crippen LogP contribution in [-0.4, -0.2) is 20.2 Å². The number of ether oxygens (including phenoxy) is 4. The van der Waals surface area contributed by atoms with E-state index < -0.39 is 6.29 Å². The molecule has 0 saturated heterocycles. The highest BCUT2D eigenvalue weighted by Gasteiger charge is 2.30. The number of fused-ring (bicyclic) bond motifs is 1. The summed E-state index contributed by atoms with van der Waals surface area (Å²) in [5.41, 5.74) is 1.05. The monoisotopic (exact) mass is 259 g/mol. The number of benzene rings is 1. The lowest BCUT2D eigenvalue weighted by Crippen LogP contribution is -2.26. The molecule has 0 aliphatic carbocycles. The first-order valence-electron chi connectivity index (χ1n) is 6.01. The molecule has 0 unspecified atom stereocenters. The fourth-order valence-corrected chi connectivity index (χ4v) is 2.32. The second-order valence-corrected chi connectivity index (χ2v) is 4.36. The average molecular weight is 259 g/mol. The smallest absolute Gasteiger partial charge is 0.231 e. The zero-order valence-corrected chi connectivity index (χ0v) is 10.5. The van der Waals surface area contributed by atoms with E-state index in [-0.39, 0.29) is 12.7 Å². The van der Waals surface area contributed by atoms with Crippen LogP contribution < -0.4 is 9.47 Å². The first-order valence-corrected chi connectivity index (χ1v) is 6.01. The van der Waals surface area contributed by atoms with Crippen molar-refractivity contribution in [3.05, 3.63) is 35.6 Å². The summed E-state index contributed by atoms with van der Waals surface area (Å²) in [6.07, 6.45) is 2.02. The molecule has 0 fully saturated rings. The summed E-state index contributed by atoms with van der Waals surface area (Å²) in [7, 11) is 1.57. The molecule has 2 aliphatic heterocycles. The van der Waals surface area contributed by atoms with Gasteiger partial charge >= 0.3 is 0 Å². The molecular weight excluding hydrogens is 246 g/mol. The van der Waals surface area contributed by atoms with E-state index in [2.05, 4.69) is 0 Å². The molecule has 5 heteroatoms. The minimum absolute atomic E-state index is 0.0385. The lowest BCUT2D eigenvalue weighted by atomic mass is 9.93. The van der Waals surface area contributed by atoms with E-state index in [9.17, 15) is 0 Å². The number of methoxy groups -OCH3 is 1. The molecule has 0 amide bonds. The topological polar surface area (TPSA) is 60.7 Å². The quantitative estimate of drug-likeness (QED) is 0.815. The normalized spacial score (nSPS) is 24.3. The summed E-state index contributed by atoms with van der Waals surface area (Å²) < 4.78 is 21.5. The van der Waals surface area contributed by atoms with Gasteiger partial charge < -0.3 is 18.9 Å². The molecule has 2 heterocycles. The zero-order valence-electron chi connectivity index (χ0n) is 10.5. The summed E-state index contributed by atoms with van der Waals surface area (Å²) in [6, 6.07) is 7.79. The summed E-state index contributed by atoms with van der Waals surface area (Å²) >= 11 is 0. The van der Waals surface area contributed by atoms with Crippen LogP contribution in [0.2, 0.25) is 0 Å². The van der Waals surface area contributed by atoms with Gasteiger partial charge in [-0.2, -0.15) is 5.26 Å². The van der Waals surface area contributed by atoms with Crippen LogP contribution in [0.1, 0.15) is 17.9 Å². The van der Waals surface area contributed by atoms with E-state index in [1.54, 1.807) is 13.2 Å². The van der Waals surface area contributed by atoms with Crippen LogP contribution in [0.15, 0.2) is 30.0 Å². The third-order valence-electron chi connectivity index (χ3n) is 3.30. The van der Waals surface area contributed by atoms with Gasteiger partial charge in [0.05, 0.1) is 5.92 Å². The van der Waals surface area contributed by atoms with Gasteiger partial charge in [0.2, 0.25) is 13.1 Å². The molecule has 0 bridgehead atoms. The Morgan fingerprint density at radius 1 is 1.32 bits per heavy atom. The van der Waals surface area contributed by atoms with Crippen LogP contribution in [0, 0.1) is 11.3 Å². The number of hydrogen-bond acceptors (Lipinski definition) is 5. The molecule has 1 aromatic carbocycles. The van der Waals surface area contributed by atoms with Crippen LogP contribution >= 0.6 is 0 Å². The highest BCUT2D eigenvalue weighted by atomic mass is 16.7. The standard InChI is InChI=1S/C14H13NO4/c1-16-14-11(4-3-10(7-15)19-14)9-2-5-12-13(6-9)18-8-17-12/h2-3,5-6,11,14H,4,8H2,1H3/t11-,14+/m0/s1. The largest absolute Gasteiger partial charge is 0.454 e. The number of nitriles is 1. The second-order valence-electron chi connectivity index (χ2n) is 4.36. The van der Waals surface area contributed by atoms with E-state index in [0.717, 1.165) is 17.1 Å². The van der Waals surface area contributed by atoms with Gasteiger partial charge in [0, 0.05) is 7.11 Å². The van der Waals surface area contributed by atoms with Gasteiger partial charge in [0.1, 0.15) is 6.07 Å². The Bertz CT molecular complexity index is 561. The van der Waals surface area contributed by atoms with Gasteiger partial charge in [-0.1, -0.05) is 6.07 Å². The predicted molar refractivity (Wildman–Crippen MR) is 65.5 cm³/mol. The van der Waals surface area contributed by atoms with Gasteiger partial charge in [-0.25, -0.2) is 0 Å². The maximum Gasteiger partial charge on any atom is 0.231 e. The highest BCUT2D eigenvalue weighted by molar-refractivity contribution is 5.46. The maximum atomic E-state index is 8.85. The molecule has 2 aliphatic rings. The average Bonchev–Trinajstić information content (AvgIpc) is 2.93. The van der Waals surface area contributed by atoms with Crippen LogP contribution in [0.3, 0.4) is 0 Å². The van der Waals surface area contributed by atoms with Crippen LogP contribution in [0.5, 0.6) is 11.5 Å². The van der Waals surface area contributed by atoms with Gasteiger partial charge in [0.25, 0.3) is 0 Å². The third-order valence-corrected chi connectivity index (χ3v) is 3.30. The van der Waals surface area contributed by atoms with E-state index in [1.807, 2.05) is 24.3 Å². The van der Waals surface area contributed by atoms with Crippen LogP contribution in [0.25, 0.3) is 0 Å². The van der Waals surface area contributed by atoms with Crippen molar-refractivity contribution in [2.24, 2.45) is 0 Å². The first kappa shape index (κ1) is 11.9. The van der Waals surface area contributed by atoms with Crippen molar-refractivity contribution in [1.29, 1.82) is 5.26 Å². The van der Waals surface area contributed by atoms with Crippen LogP contribution in [0.4, 0.5) is 0 Å². The van der Waals surface area contributed by atoms with Crippen molar-refractivity contribution in [2.45, 2.75) is 18.6 Å². The second kappa shape index (κ2) is 4.82. The number of nitrogens with zero attached hydrogens (tertiary/aromatic N) is 1. The first-order chi connectivity index (χ1) is 9.31. The minimum atomic E-state index is -0.458. The van der Waals surface area contributed by atoms with Gasteiger partial charge in [-0.05, 0) is 30.2 Å². The zero-order chi connectivity index (χ0) is 13.2. The number of allylic oxidation sites excluding steroid dienone is 2. The molecule has 5 nitrogen and oxygen atoms in total. The lowest BCUT2D eigenvalue weighted by molar-refractivity contribution is -0.113. The fraction of sp³-hybridized carbons (Fsp3) is 0.357. The molecular formula is C14H13NO4. The van der Waals surface area contributed by atoms with Crippen molar-refractivity contribution < 1.29 is 18.9 Å². The SMILES string of the molecule is CO[C@@H]1OC(C#N)=CC[C@H]1c1ccc2c(c1)OCO2. The molecule has 0 aromatic heterocycles. The van der Waals surface area contributed by atoms with Crippen molar-refractivity contribution in [3.63, 3.8) is 0 Å². The third kappa shape index (κ3) is 2.11. The maximum absolute atomic E-state index is 8.85. The summed E-state index contributed by atoms with van der Waals surface area (Å²) in [5, 5.41) is 8.85. The van der Waals surface area contributed by atoms with Crippen molar-refractivity contribution in [2.75, 3.05) is 13.9 Å². The number of rotatable bonds is 2. The lowest BCUT2D eigenvalue weighted by Gasteiger charge is -2.29. The Morgan fingerprint density at radius 3 is 2.95 bits per heavy atom. The molecule has 2 atom stereocenters. The molecule has 19 heavy (non-hydrogen) atoms. The minimum Gasteiger partial charge on any atom is -0.454 e. The van der Waals surface area contributed by atoms with Gasteiger partial charge in [-0.3, -0.25) is 0 Å². The fourth-order valence-electron chi connectivity index (χ4n) is 2.32. The Hall–Kier alpha value is -2.19. The molecule has 3 rings (SSSR count). The molecule has 0 radical (unpaired) electrons. The van der Waals surface area contributed by atoms with Crippen LogP contribution in [-0.2, 0) is 9.47 Å². The Kier molecular flexibility index (Phi) is 3.02. The van der Waals surface area contributed by atoms with E-state index in [0.29, 0.717) is 12.2 Å². The van der Waals surface area contributed by atoms with E-state index in [1.165, 1.54) is 0 Å². The van der Waals surface area contributed by atoms with E-state index >= 15 is 0 Å². The summed E-state index contributed by atoms with van der Waals surface area (Å²) in [4.78, 5) is 0.